The normalized spacial score (nSPS) is 13.4. The van der Waals surface area contributed by atoms with Gasteiger partial charge in [-0.15, -0.1) is 0 Å². The van der Waals surface area contributed by atoms with E-state index in [4.69, 9.17) is 0 Å². The molecule has 0 atom stereocenters. The maximum absolute atomic E-state index is 11.6. The first-order valence-corrected chi connectivity index (χ1v) is 4.51. The van der Waals surface area contributed by atoms with Crippen molar-refractivity contribution in [2.24, 2.45) is 4.99 Å². The third kappa shape index (κ3) is 0.865. The third-order valence-corrected chi connectivity index (χ3v) is 2.48. The molecule has 0 N–H and O–H groups in total. The van der Waals surface area contributed by atoms with Gasteiger partial charge in [0, 0.05) is 17.7 Å². The summed E-state index contributed by atoms with van der Waals surface area (Å²) in [6, 6.07) is 9.47. The fourth-order valence-electron chi connectivity index (χ4n) is 1.81. The van der Waals surface area contributed by atoms with E-state index in [2.05, 4.69) is 4.99 Å². The molecule has 68 valence electrons. The molecule has 0 amide bonds. The van der Waals surface area contributed by atoms with Gasteiger partial charge in [0.2, 0.25) is 0 Å². The maximum atomic E-state index is 11.6. The lowest BCUT2D eigenvalue weighted by molar-refractivity contribution is 0.856. The number of rotatable bonds is 0. The summed E-state index contributed by atoms with van der Waals surface area (Å²) in [4.78, 5) is 15.8. The standard InChI is InChI=1S/C11H8N2O/c14-10-7-8-3-1-2-4-9(8)11-12-5-6-13(10)11/h1-5,7H,6H2. The quantitative estimate of drug-likeness (QED) is 0.613. The number of nitrogens with zero attached hydrogens (tertiary/aromatic N) is 2. The molecule has 0 spiro atoms. The summed E-state index contributed by atoms with van der Waals surface area (Å²) in [5.74, 6) is 0.785. The Morgan fingerprint density at radius 1 is 1.29 bits per heavy atom. The number of hydrogen-bond acceptors (Lipinski definition) is 2. The van der Waals surface area contributed by atoms with E-state index in [9.17, 15) is 4.79 Å². The van der Waals surface area contributed by atoms with Crippen molar-refractivity contribution < 1.29 is 0 Å². The van der Waals surface area contributed by atoms with Crippen molar-refractivity contribution in [2.45, 2.75) is 6.54 Å². The van der Waals surface area contributed by atoms with Crippen LogP contribution in [0.3, 0.4) is 0 Å². The van der Waals surface area contributed by atoms with E-state index in [1.54, 1.807) is 16.8 Å². The van der Waals surface area contributed by atoms with Crippen LogP contribution >= 0.6 is 0 Å². The van der Waals surface area contributed by atoms with Crippen molar-refractivity contribution in [3.05, 3.63) is 40.7 Å². The Bertz CT molecular complexity index is 596. The first kappa shape index (κ1) is 7.50. The van der Waals surface area contributed by atoms with E-state index in [-0.39, 0.29) is 5.56 Å². The van der Waals surface area contributed by atoms with Crippen LogP contribution < -0.4 is 5.56 Å². The zero-order valence-electron chi connectivity index (χ0n) is 7.47. The van der Waals surface area contributed by atoms with Crippen LogP contribution in [-0.4, -0.2) is 10.8 Å². The smallest absolute Gasteiger partial charge is 0.253 e. The Labute approximate surface area is 80.3 Å². The van der Waals surface area contributed by atoms with Crippen LogP contribution in [-0.2, 0) is 6.54 Å². The zero-order chi connectivity index (χ0) is 9.54. The van der Waals surface area contributed by atoms with E-state index in [1.165, 1.54) is 0 Å². The minimum Gasteiger partial charge on any atom is -0.287 e. The van der Waals surface area contributed by atoms with E-state index < -0.39 is 0 Å². The minimum atomic E-state index is 0.0243. The molecule has 0 saturated heterocycles. The van der Waals surface area contributed by atoms with Crippen molar-refractivity contribution in [3.8, 4) is 0 Å². The Balaban J connectivity index is 2.57. The molecular formula is C11H8N2O. The van der Waals surface area contributed by atoms with Gasteiger partial charge in [0.15, 0.2) is 0 Å². The van der Waals surface area contributed by atoms with Crippen molar-refractivity contribution >= 4 is 22.8 Å². The average Bonchev–Trinajstić information content (AvgIpc) is 2.67. The molecule has 0 radical (unpaired) electrons. The molecule has 0 aliphatic carbocycles. The molecule has 0 fully saturated rings. The first-order chi connectivity index (χ1) is 6.86. The molecule has 14 heavy (non-hydrogen) atoms. The van der Waals surface area contributed by atoms with Crippen LogP contribution in [0, 0.1) is 0 Å². The Morgan fingerprint density at radius 2 is 2.14 bits per heavy atom. The lowest BCUT2D eigenvalue weighted by Crippen LogP contribution is -2.16. The van der Waals surface area contributed by atoms with Gasteiger partial charge in [-0.05, 0) is 5.39 Å². The number of pyridine rings is 1. The molecule has 1 aromatic heterocycles. The van der Waals surface area contributed by atoms with Crippen LogP contribution in [0.4, 0.5) is 5.82 Å². The van der Waals surface area contributed by atoms with Crippen molar-refractivity contribution in [1.29, 1.82) is 0 Å². The number of aromatic nitrogens is 1. The average molecular weight is 184 g/mol. The number of aliphatic imine (C=N–C) groups is 1. The van der Waals surface area contributed by atoms with Crippen molar-refractivity contribution in [3.63, 3.8) is 0 Å². The highest BCUT2D eigenvalue weighted by atomic mass is 16.1. The largest absolute Gasteiger partial charge is 0.287 e. The summed E-state index contributed by atoms with van der Waals surface area (Å²) in [7, 11) is 0. The van der Waals surface area contributed by atoms with Gasteiger partial charge in [-0.25, -0.2) is 4.99 Å². The van der Waals surface area contributed by atoms with E-state index in [0.717, 1.165) is 16.6 Å². The molecule has 3 heteroatoms. The topological polar surface area (TPSA) is 34.4 Å². The predicted octanol–water partition coefficient (Wildman–Crippen LogP) is 1.72. The maximum Gasteiger partial charge on any atom is 0.253 e. The van der Waals surface area contributed by atoms with E-state index >= 15 is 0 Å². The van der Waals surface area contributed by atoms with Crippen LogP contribution in [0.2, 0.25) is 0 Å². The van der Waals surface area contributed by atoms with Gasteiger partial charge in [0.25, 0.3) is 5.56 Å². The number of benzene rings is 1. The summed E-state index contributed by atoms with van der Waals surface area (Å²) < 4.78 is 1.68. The molecule has 0 bridgehead atoms. The second-order valence-electron chi connectivity index (χ2n) is 3.32. The van der Waals surface area contributed by atoms with Gasteiger partial charge in [-0.2, -0.15) is 0 Å². The second-order valence-corrected chi connectivity index (χ2v) is 3.32. The predicted molar refractivity (Wildman–Crippen MR) is 56.4 cm³/mol. The van der Waals surface area contributed by atoms with Crippen molar-refractivity contribution in [1.82, 2.24) is 4.57 Å². The van der Waals surface area contributed by atoms with Crippen LogP contribution in [0.1, 0.15) is 0 Å². The van der Waals surface area contributed by atoms with Gasteiger partial charge >= 0.3 is 0 Å². The highest BCUT2D eigenvalue weighted by Crippen LogP contribution is 2.25. The zero-order valence-corrected chi connectivity index (χ0v) is 7.47. The summed E-state index contributed by atoms with van der Waals surface area (Å²) in [5, 5.41) is 2.00. The SMILES string of the molecule is O=c1cc2ccccc2c2n1CC=N2. The summed E-state index contributed by atoms with van der Waals surface area (Å²) in [6.07, 6.45) is 1.77. The lowest BCUT2D eigenvalue weighted by atomic mass is 10.1. The lowest BCUT2D eigenvalue weighted by Gasteiger charge is -2.04. The van der Waals surface area contributed by atoms with Gasteiger partial charge in [-0.3, -0.25) is 9.36 Å². The van der Waals surface area contributed by atoms with Crippen LogP contribution in [0.15, 0.2) is 40.1 Å². The molecule has 1 aromatic carbocycles. The fourth-order valence-corrected chi connectivity index (χ4v) is 1.81. The van der Waals surface area contributed by atoms with Crippen molar-refractivity contribution in [2.75, 3.05) is 0 Å². The minimum absolute atomic E-state index is 0.0243. The first-order valence-electron chi connectivity index (χ1n) is 4.51. The molecule has 2 aromatic rings. The van der Waals surface area contributed by atoms with Crippen LogP contribution in [0.25, 0.3) is 10.8 Å². The van der Waals surface area contributed by atoms with E-state index in [0.29, 0.717) is 6.54 Å². The van der Waals surface area contributed by atoms with Gasteiger partial charge < -0.3 is 0 Å². The Hall–Kier alpha value is -1.90. The third-order valence-electron chi connectivity index (χ3n) is 2.48. The molecule has 1 aliphatic rings. The van der Waals surface area contributed by atoms with Gasteiger partial charge in [-0.1, -0.05) is 24.3 Å². The molecule has 0 saturated carbocycles. The second kappa shape index (κ2) is 2.54. The van der Waals surface area contributed by atoms with Crippen LogP contribution in [0.5, 0.6) is 0 Å². The summed E-state index contributed by atoms with van der Waals surface area (Å²) in [5.41, 5.74) is 0.0243. The number of hydrogen-bond donors (Lipinski definition) is 0. The Kier molecular flexibility index (Phi) is 1.36. The monoisotopic (exact) mass is 184 g/mol. The molecular weight excluding hydrogens is 176 g/mol. The fraction of sp³-hybridized carbons (Fsp3) is 0.0909. The molecule has 2 heterocycles. The summed E-state index contributed by atoms with van der Waals surface area (Å²) in [6.45, 7) is 0.596. The number of fused-ring (bicyclic) bond motifs is 3. The summed E-state index contributed by atoms with van der Waals surface area (Å²) >= 11 is 0. The molecule has 0 unspecified atom stereocenters. The Morgan fingerprint density at radius 3 is 3.07 bits per heavy atom. The van der Waals surface area contributed by atoms with Gasteiger partial charge in [0.1, 0.15) is 5.82 Å². The molecule has 1 aliphatic heterocycles. The molecule has 3 nitrogen and oxygen atoms in total. The van der Waals surface area contributed by atoms with E-state index in [1.807, 2.05) is 24.3 Å². The highest BCUT2D eigenvalue weighted by Gasteiger charge is 2.10. The highest BCUT2D eigenvalue weighted by molar-refractivity contribution is 5.93. The molecule has 3 rings (SSSR count). The van der Waals surface area contributed by atoms with Gasteiger partial charge in [0.05, 0.1) is 6.54 Å².